The van der Waals surface area contributed by atoms with Gasteiger partial charge in [0.05, 0.1) is 5.69 Å². The van der Waals surface area contributed by atoms with E-state index in [2.05, 4.69) is 11.4 Å². The molecule has 3 rings (SSSR count). The average molecular weight is 384 g/mol. The molecular weight excluding hydrogens is 356 g/mol. The molecule has 150 valence electrons. The third kappa shape index (κ3) is 4.80. The second-order valence-corrected chi connectivity index (χ2v) is 7.47. The number of fused-ring (bicyclic) bond motifs is 1. The van der Waals surface area contributed by atoms with Crippen molar-refractivity contribution in [3.63, 3.8) is 0 Å². The molecule has 0 saturated carbocycles. The number of hydrogen-bond donors (Lipinski definition) is 1. The number of amides is 2. The van der Waals surface area contributed by atoms with Gasteiger partial charge < -0.3 is 15.0 Å². The quantitative estimate of drug-likeness (QED) is 0.577. The van der Waals surface area contributed by atoms with Gasteiger partial charge in [0.15, 0.2) is 11.9 Å². The summed E-state index contributed by atoms with van der Waals surface area (Å²) >= 11 is 0. The highest BCUT2D eigenvalue weighted by atomic mass is 16.5. The highest BCUT2D eigenvalue weighted by Crippen LogP contribution is 2.34. The van der Waals surface area contributed by atoms with Crippen molar-refractivity contribution in [3.05, 3.63) is 35.4 Å². The topological polar surface area (TPSA) is 75.7 Å². The van der Waals surface area contributed by atoms with E-state index in [9.17, 15) is 14.4 Å². The van der Waals surface area contributed by atoms with Crippen LogP contribution in [0.4, 0.5) is 5.69 Å². The Bertz CT molecular complexity index is 800. The van der Waals surface area contributed by atoms with E-state index in [1.165, 1.54) is 23.3 Å². The fourth-order valence-corrected chi connectivity index (χ4v) is 3.64. The number of Topliss-reactive ketones (excluding diaryl/α,β-unsaturated/α-hetero) is 1. The number of hydrogen-bond acceptors (Lipinski definition) is 4. The van der Waals surface area contributed by atoms with E-state index in [4.69, 9.17) is 4.74 Å². The first-order valence-corrected chi connectivity index (χ1v) is 10.0. The van der Waals surface area contributed by atoms with Gasteiger partial charge in [-0.15, -0.1) is 0 Å². The maximum absolute atomic E-state index is 12.5. The number of ketones is 1. The Morgan fingerprint density at radius 1 is 1.25 bits per heavy atom. The SMILES string of the molecule is CC1Oc2ccc(C(=O)CCC(=O)NCCC3=CCCCC3)cc2N(C)C1=O. The van der Waals surface area contributed by atoms with E-state index >= 15 is 0 Å². The van der Waals surface area contributed by atoms with E-state index in [0.29, 0.717) is 23.5 Å². The lowest BCUT2D eigenvalue weighted by Gasteiger charge is -2.30. The first kappa shape index (κ1) is 20.1. The van der Waals surface area contributed by atoms with Crippen molar-refractivity contribution in [1.82, 2.24) is 5.32 Å². The van der Waals surface area contributed by atoms with Gasteiger partial charge in [0.2, 0.25) is 5.91 Å². The molecule has 0 aromatic heterocycles. The van der Waals surface area contributed by atoms with Crippen molar-refractivity contribution in [1.29, 1.82) is 0 Å². The van der Waals surface area contributed by atoms with Crippen LogP contribution in [0.1, 0.15) is 62.2 Å². The summed E-state index contributed by atoms with van der Waals surface area (Å²) in [5, 5.41) is 2.90. The summed E-state index contributed by atoms with van der Waals surface area (Å²) in [6, 6.07) is 5.06. The van der Waals surface area contributed by atoms with Crippen LogP contribution in [0, 0.1) is 0 Å². The monoisotopic (exact) mass is 384 g/mol. The first-order valence-electron chi connectivity index (χ1n) is 10.0. The van der Waals surface area contributed by atoms with Gasteiger partial charge in [-0.1, -0.05) is 11.6 Å². The number of nitrogens with zero attached hydrogens (tertiary/aromatic N) is 1. The van der Waals surface area contributed by atoms with Crippen molar-refractivity contribution in [2.45, 2.75) is 58.0 Å². The predicted molar refractivity (Wildman–Crippen MR) is 108 cm³/mol. The number of carbonyl (C=O) groups excluding carboxylic acids is 3. The summed E-state index contributed by atoms with van der Waals surface area (Å²) in [6.07, 6.45) is 7.71. The minimum atomic E-state index is -0.535. The van der Waals surface area contributed by atoms with Crippen LogP contribution in [0.15, 0.2) is 29.8 Å². The second-order valence-electron chi connectivity index (χ2n) is 7.47. The molecule has 6 heteroatoms. The number of ether oxygens (including phenoxy) is 1. The molecule has 1 aliphatic heterocycles. The number of likely N-dealkylation sites (N-methyl/N-ethyl adjacent to an activating group) is 1. The lowest BCUT2D eigenvalue weighted by molar-refractivity contribution is -0.125. The van der Waals surface area contributed by atoms with Crippen molar-refractivity contribution < 1.29 is 19.1 Å². The van der Waals surface area contributed by atoms with Crippen molar-refractivity contribution in [2.24, 2.45) is 0 Å². The van der Waals surface area contributed by atoms with Crippen molar-refractivity contribution in [3.8, 4) is 5.75 Å². The third-order valence-corrected chi connectivity index (χ3v) is 5.36. The number of carbonyl (C=O) groups is 3. The minimum Gasteiger partial charge on any atom is -0.479 e. The molecule has 0 fully saturated rings. The van der Waals surface area contributed by atoms with E-state index < -0.39 is 6.10 Å². The lowest BCUT2D eigenvalue weighted by Crippen LogP contribution is -2.42. The zero-order valence-electron chi connectivity index (χ0n) is 16.6. The van der Waals surface area contributed by atoms with E-state index in [0.717, 1.165) is 19.3 Å². The largest absolute Gasteiger partial charge is 0.479 e. The molecule has 6 nitrogen and oxygen atoms in total. The fourth-order valence-electron chi connectivity index (χ4n) is 3.64. The summed E-state index contributed by atoms with van der Waals surface area (Å²) in [5.41, 5.74) is 2.49. The normalized spacial score (nSPS) is 18.8. The second kappa shape index (κ2) is 9.04. The molecular formula is C22H28N2O4. The van der Waals surface area contributed by atoms with Gasteiger partial charge in [0.1, 0.15) is 5.75 Å². The van der Waals surface area contributed by atoms with Crippen LogP contribution in [0.5, 0.6) is 5.75 Å². The average Bonchev–Trinajstić information content (AvgIpc) is 2.71. The molecule has 1 aromatic rings. The minimum absolute atomic E-state index is 0.104. The molecule has 2 aliphatic rings. The Morgan fingerprint density at radius 2 is 2.07 bits per heavy atom. The zero-order valence-corrected chi connectivity index (χ0v) is 16.6. The molecule has 0 spiro atoms. The van der Waals surface area contributed by atoms with Gasteiger partial charge in [-0.25, -0.2) is 0 Å². The molecule has 1 N–H and O–H groups in total. The summed E-state index contributed by atoms with van der Waals surface area (Å²) in [6.45, 7) is 2.32. The van der Waals surface area contributed by atoms with Gasteiger partial charge in [-0.2, -0.15) is 0 Å². The van der Waals surface area contributed by atoms with Crippen molar-refractivity contribution >= 4 is 23.3 Å². The Kier molecular flexibility index (Phi) is 6.49. The van der Waals surface area contributed by atoms with Crippen LogP contribution in [-0.4, -0.2) is 37.3 Å². The van der Waals surface area contributed by atoms with E-state index in [1.54, 1.807) is 32.2 Å². The Labute approximate surface area is 165 Å². The highest BCUT2D eigenvalue weighted by Gasteiger charge is 2.29. The molecule has 1 aromatic carbocycles. The van der Waals surface area contributed by atoms with Gasteiger partial charge in [0, 0.05) is 32.0 Å². The number of nitrogens with one attached hydrogen (secondary N) is 1. The molecule has 2 amide bonds. The summed E-state index contributed by atoms with van der Waals surface area (Å²) in [5.74, 6) is 0.213. The lowest BCUT2D eigenvalue weighted by atomic mass is 9.97. The maximum Gasteiger partial charge on any atom is 0.267 e. The van der Waals surface area contributed by atoms with Crippen LogP contribution in [-0.2, 0) is 9.59 Å². The summed E-state index contributed by atoms with van der Waals surface area (Å²) < 4.78 is 5.57. The molecule has 0 bridgehead atoms. The summed E-state index contributed by atoms with van der Waals surface area (Å²) in [4.78, 5) is 38.1. The van der Waals surface area contributed by atoms with Crippen LogP contribution in [0.2, 0.25) is 0 Å². The van der Waals surface area contributed by atoms with Crippen LogP contribution < -0.4 is 15.0 Å². The first-order chi connectivity index (χ1) is 13.5. The van der Waals surface area contributed by atoms with Gasteiger partial charge in [0.25, 0.3) is 5.91 Å². The molecule has 1 aliphatic carbocycles. The van der Waals surface area contributed by atoms with Crippen LogP contribution >= 0.6 is 0 Å². The van der Waals surface area contributed by atoms with Gasteiger partial charge >= 0.3 is 0 Å². The van der Waals surface area contributed by atoms with Crippen LogP contribution in [0.3, 0.4) is 0 Å². The molecule has 0 saturated heterocycles. The number of rotatable bonds is 7. The third-order valence-electron chi connectivity index (χ3n) is 5.36. The molecule has 1 unspecified atom stereocenters. The smallest absolute Gasteiger partial charge is 0.267 e. The number of benzene rings is 1. The molecule has 0 radical (unpaired) electrons. The number of anilines is 1. The Balaban J connectivity index is 1.49. The van der Waals surface area contributed by atoms with E-state index in [-0.39, 0.29) is 30.4 Å². The molecule has 1 heterocycles. The van der Waals surface area contributed by atoms with Gasteiger partial charge in [-0.3, -0.25) is 14.4 Å². The van der Waals surface area contributed by atoms with Crippen LogP contribution in [0.25, 0.3) is 0 Å². The predicted octanol–water partition coefficient (Wildman–Crippen LogP) is 3.40. The highest BCUT2D eigenvalue weighted by molar-refractivity contribution is 6.03. The fraction of sp³-hybridized carbons (Fsp3) is 0.500. The molecule has 28 heavy (non-hydrogen) atoms. The zero-order chi connectivity index (χ0) is 20.1. The standard InChI is InChI=1S/C22H28N2O4/c1-15-22(27)24(2)18-14-17(8-10-20(18)28-15)19(25)9-11-21(26)23-13-12-16-6-4-3-5-7-16/h6,8,10,14-15H,3-5,7,9,11-13H2,1-2H3,(H,23,26). The Morgan fingerprint density at radius 3 is 2.82 bits per heavy atom. The summed E-state index contributed by atoms with van der Waals surface area (Å²) in [7, 11) is 1.67. The van der Waals surface area contributed by atoms with E-state index in [1.807, 2.05) is 0 Å². The number of allylic oxidation sites excluding steroid dienone is 1. The Hall–Kier alpha value is -2.63. The van der Waals surface area contributed by atoms with Gasteiger partial charge in [-0.05, 0) is 57.2 Å². The molecule has 1 atom stereocenters. The maximum atomic E-state index is 12.5. The van der Waals surface area contributed by atoms with Crippen molar-refractivity contribution in [2.75, 3.05) is 18.5 Å².